The molecule has 54 heavy (non-hydrogen) atoms. The first kappa shape index (κ1) is 37.7. The molecule has 0 saturated carbocycles. The van der Waals surface area contributed by atoms with E-state index in [9.17, 15) is 44.0 Å². The van der Waals surface area contributed by atoms with E-state index < -0.39 is 56.5 Å². The van der Waals surface area contributed by atoms with Gasteiger partial charge in [0.1, 0.15) is 38.4 Å². The largest absolute Gasteiger partial charge is 0.505 e. The number of azo groups is 2. The van der Waals surface area contributed by atoms with Crippen molar-refractivity contribution in [2.75, 3.05) is 19.5 Å². The zero-order valence-electron chi connectivity index (χ0n) is 27.8. The summed E-state index contributed by atoms with van der Waals surface area (Å²) in [5, 5.41) is 31.0. The minimum Gasteiger partial charge on any atom is -0.505 e. The Morgan fingerprint density at radius 2 is 1.19 bits per heavy atom. The molecule has 6 aromatic rings. The molecule has 0 atom stereocenters. The first-order valence-corrected chi connectivity index (χ1v) is 19.5. The number of fused-ring (bicyclic) bond motifs is 2. The lowest BCUT2D eigenvalue weighted by Crippen LogP contribution is -2.04. The molecule has 17 nitrogen and oxygen atoms in total. The Bertz CT molecular complexity index is 2870. The lowest BCUT2D eigenvalue weighted by Gasteiger charge is -2.12. The molecule has 0 radical (unpaired) electrons. The summed E-state index contributed by atoms with van der Waals surface area (Å²) >= 11 is 0. The molecular formula is C34H27N5O12S3. The predicted octanol–water partition coefficient (Wildman–Crippen LogP) is 8.03. The van der Waals surface area contributed by atoms with Crippen LogP contribution in [-0.4, -0.2) is 58.2 Å². The summed E-state index contributed by atoms with van der Waals surface area (Å²) < 4.78 is 113. The Hall–Kier alpha value is -6.03. The summed E-state index contributed by atoms with van der Waals surface area (Å²) in [5.41, 5.74) is 0.898. The number of ether oxygens (including phenoxy) is 2. The summed E-state index contributed by atoms with van der Waals surface area (Å²) in [6.45, 7) is 0. The summed E-state index contributed by atoms with van der Waals surface area (Å²) in [7, 11) is -12.1. The maximum atomic E-state index is 12.5. The molecule has 0 aliphatic rings. The van der Waals surface area contributed by atoms with Crippen LogP contribution in [0.1, 0.15) is 0 Å². The number of benzene rings is 6. The number of hydrogen-bond donors (Lipinski definition) is 5. The average Bonchev–Trinajstić information content (AvgIpc) is 3.12. The highest BCUT2D eigenvalue weighted by Gasteiger charge is 2.24. The van der Waals surface area contributed by atoms with Gasteiger partial charge in [0, 0.05) is 34.3 Å². The number of nitrogens with zero attached hydrogens (tertiary/aromatic N) is 4. The topological polar surface area (TPSA) is 263 Å². The van der Waals surface area contributed by atoms with Gasteiger partial charge in [-0.25, -0.2) is 0 Å². The van der Waals surface area contributed by atoms with Crippen molar-refractivity contribution in [1.29, 1.82) is 0 Å². The minimum absolute atomic E-state index is 0.0189. The van der Waals surface area contributed by atoms with Gasteiger partial charge in [-0.3, -0.25) is 13.7 Å². The van der Waals surface area contributed by atoms with Gasteiger partial charge in [-0.15, -0.1) is 15.3 Å². The molecule has 0 saturated heterocycles. The summed E-state index contributed by atoms with van der Waals surface area (Å²) in [5.74, 6) is -0.487. The van der Waals surface area contributed by atoms with E-state index >= 15 is 0 Å². The molecule has 0 amide bonds. The van der Waals surface area contributed by atoms with Gasteiger partial charge in [0.2, 0.25) is 0 Å². The molecule has 0 aromatic heterocycles. The molecule has 6 aromatic carbocycles. The second-order valence-electron chi connectivity index (χ2n) is 11.3. The van der Waals surface area contributed by atoms with Crippen LogP contribution in [0.25, 0.3) is 21.5 Å². The van der Waals surface area contributed by atoms with Crippen LogP contribution in [0.3, 0.4) is 0 Å². The van der Waals surface area contributed by atoms with E-state index in [1.54, 1.807) is 18.2 Å². The zero-order valence-corrected chi connectivity index (χ0v) is 30.3. The molecule has 278 valence electrons. The molecule has 0 heterocycles. The van der Waals surface area contributed by atoms with Crippen LogP contribution < -0.4 is 14.8 Å². The van der Waals surface area contributed by atoms with Crippen LogP contribution in [0, 0.1) is 0 Å². The van der Waals surface area contributed by atoms with Gasteiger partial charge in [-0.1, -0.05) is 24.3 Å². The first-order chi connectivity index (χ1) is 25.5. The Morgan fingerprint density at radius 3 is 1.78 bits per heavy atom. The standard InChI is InChI=1S/C34H27N5O12S3/c1-50-29-18-28(38-39-33-32(54(47,48)49)14-20-12-22(10-11-25(20)34(33)40)35-21-6-4-3-5-7-21)30(51-2)17-27(29)37-36-23-9-8-19-13-24(52(41,42)43)16-31(26(19)15-23)53(44,45)46/h3-18,35,40H,1-2H3,(H,41,42,43)(H,44,45,46)(H,47,48,49). The normalized spacial score (nSPS) is 12.5. The number of para-hydroxylation sites is 1. The molecule has 0 bridgehead atoms. The van der Waals surface area contributed by atoms with E-state index in [1.807, 2.05) is 30.3 Å². The predicted molar refractivity (Wildman–Crippen MR) is 197 cm³/mol. The lowest BCUT2D eigenvalue weighted by atomic mass is 10.1. The van der Waals surface area contributed by atoms with Crippen LogP contribution in [-0.2, 0) is 30.4 Å². The fourth-order valence-corrected chi connectivity index (χ4v) is 7.36. The van der Waals surface area contributed by atoms with Gasteiger partial charge >= 0.3 is 0 Å². The molecule has 5 N–H and O–H groups in total. The second kappa shape index (κ2) is 14.4. The molecule has 0 aliphatic heterocycles. The van der Waals surface area contributed by atoms with E-state index in [0.29, 0.717) is 11.8 Å². The number of hydrogen-bond acceptors (Lipinski definition) is 14. The van der Waals surface area contributed by atoms with Crippen LogP contribution in [0.5, 0.6) is 17.2 Å². The van der Waals surface area contributed by atoms with Crippen molar-refractivity contribution >= 4 is 86.0 Å². The van der Waals surface area contributed by atoms with Crippen molar-refractivity contribution in [1.82, 2.24) is 0 Å². The van der Waals surface area contributed by atoms with E-state index in [4.69, 9.17) is 9.47 Å². The van der Waals surface area contributed by atoms with Crippen LogP contribution in [0.2, 0.25) is 0 Å². The van der Waals surface area contributed by atoms with Crippen LogP contribution >= 0.6 is 0 Å². The Kier molecular flexibility index (Phi) is 10.1. The van der Waals surface area contributed by atoms with E-state index in [0.717, 1.165) is 17.8 Å². The third-order valence-corrected chi connectivity index (χ3v) is 10.4. The van der Waals surface area contributed by atoms with Crippen molar-refractivity contribution in [2.24, 2.45) is 20.5 Å². The highest BCUT2D eigenvalue weighted by molar-refractivity contribution is 7.87. The monoisotopic (exact) mass is 793 g/mol. The molecule has 0 aliphatic carbocycles. The summed E-state index contributed by atoms with van der Waals surface area (Å²) in [4.78, 5) is -2.26. The Morgan fingerprint density at radius 1 is 0.556 bits per heavy atom. The van der Waals surface area contributed by atoms with E-state index in [1.165, 1.54) is 44.6 Å². The van der Waals surface area contributed by atoms with Crippen molar-refractivity contribution in [3.05, 3.63) is 97.1 Å². The molecule has 0 unspecified atom stereocenters. The van der Waals surface area contributed by atoms with Gasteiger partial charge in [-0.05, 0) is 71.4 Å². The summed E-state index contributed by atoms with van der Waals surface area (Å²) in [6.07, 6.45) is 0. The zero-order chi connectivity index (χ0) is 39.0. The Balaban J connectivity index is 1.37. The third kappa shape index (κ3) is 7.97. The van der Waals surface area contributed by atoms with E-state index in [-0.39, 0.29) is 50.1 Å². The number of aromatic hydroxyl groups is 1. The van der Waals surface area contributed by atoms with Gasteiger partial charge in [0.25, 0.3) is 30.4 Å². The number of phenols is 1. The quantitative estimate of drug-likeness (QED) is 0.0615. The Labute approximate surface area is 307 Å². The maximum Gasteiger partial charge on any atom is 0.296 e. The van der Waals surface area contributed by atoms with Crippen LogP contribution in [0.4, 0.5) is 34.1 Å². The lowest BCUT2D eigenvalue weighted by molar-refractivity contribution is 0.405. The molecule has 6 rings (SSSR count). The smallest absolute Gasteiger partial charge is 0.296 e. The first-order valence-electron chi connectivity index (χ1n) is 15.2. The molecule has 20 heteroatoms. The number of rotatable bonds is 11. The van der Waals surface area contributed by atoms with Crippen molar-refractivity contribution < 1.29 is 53.5 Å². The number of phenolic OH excluding ortho intramolecular Hbond substituents is 1. The fourth-order valence-electron chi connectivity index (χ4n) is 5.36. The van der Waals surface area contributed by atoms with Gasteiger partial charge in [0.05, 0.1) is 24.8 Å². The van der Waals surface area contributed by atoms with Crippen molar-refractivity contribution in [2.45, 2.75) is 14.7 Å². The molecule has 0 fully saturated rings. The van der Waals surface area contributed by atoms with Gasteiger partial charge in [0.15, 0.2) is 5.75 Å². The van der Waals surface area contributed by atoms with E-state index in [2.05, 4.69) is 25.8 Å². The molecule has 0 spiro atoms. The number of methoxy groups -OCH3 is 2. The highest BCUT2D eigenvalue weighted by Crippen LogP contribution is 2.45. The fraction of sp³-hybridized carbons (Fsp3) is 0.0588. The minimum atomic E-state index is -4.95. The average molecular weight is 794 g/mol. The number of nitrogens with one attached hydrogen (secondary N) is 1. The molecular weight excluding hydrogens is 767 g/mol. The summed E-state index contributed by atoms with van der Waals surface area (Å²) in [6, 6.07) is 23.3. The van der Waals surface area contributed by atoms with Crippen molar-refractivity contribution in [3.8, 4) is 17.2 Å². The van der Waals surface area contributed by atoms with Gasteiger partial charge in [-0.2, -0.15) is 30.4 Å². The number of anilines is 2. The van der Waals surface area contributed by atoms with Crippen molar-refractivity contribution in [3.63, 3.8) is 0 Å². The highest BCUT2D eigenvalue weighted by atomic mass is 32.2. The van der Waals surface area contributed by atoms with Gasteiger partial charge < -0.3 is 19.9 Å². The SMILES string of the molecule is COc1cc(N=Nc2c(S(=O)(=O)O)cc3cc(Nc4ccccc4)ccc3c2O)c(OC)cc1N=Nc1ccc2cc(S(=O)(=O)O)cc(S(=O)(=O)O)c2c1. The third-order valence-electron chi connectivity index (χ3n) is 7.85. The van der Waals surface area contributed by atoms with Crippen LogP contribution in [0.15, 0.2) is 132 Å². The maximum absolute atomic E-state index is 12.5. The second-order valence-corrected chi connectivity index (χ2v) is 15.5.